The summed E-state index contributed by atoms with van der Waals surface area (Å²) in [5.74, 6) is -0.631. The molecule has 0 unspecified atom stereocenters. The summed E-state index contributed by atoms with van der Waals surface area (Å²) in [7, 11) is 0. The molecule has 182 valence electrons. The van der Waals surface area contributed by atoms with Gasteiger partial charge in [0.2, 0.25) is 0 Å². The van der Waals surface area contributed by atoms with Crippen molar-refractivity contribution in [3.63, 3.8) is 0 Å². The minimum atomic E-state index is -3.24. The zero-order valence-electron chi connectivity index (χ0n) is 17.7. The van der Waals surface area contributed by atoms with Crippen LogP contribution in [-0.2, 0) is 6.54 Å². The van der Waals surface area contributed by atoms with Crippen LogP contribution in [0.25, 0.3) is 0 Å². The van der Waals surface area contributed by atoms with E-state index in [9.17, 15) is 22.7 Å². The van der Waals surface area contributed by atoms with E-state index in [2.05, 4.69) is 14.5 Å². The maximum absolute atomic E-state index is 12.9. The normalized spacial score (nSPS) is 12.0. The van der Waals surface area contributed by atoms with E-state index in [1.54, 1.807) is 47.6 Å². The molecule has 0 aliphatic heterocycles. The molecule has 1 aromatic heterocycles. The van der Waals surface area contributed by atoms with E-state index >= 15 is 0 Å². The van der Waals surface area contributed by atoms with Gasteiger partial charge in [0, 0.05) is 36.4 Å². The average molecular weight is 482 g/mol. The Bertz CT molecular complexity index is 1030. The van der Waals surface area contributed by atoms with Gasteiger partial charge in [0.05, 0.1) is 6.61 Å². The number of ether oxygens (including phenoxy) is 3. The van der Waals surface area contributed by atoms with Gasteiger partial charge in [-0.1, -0.05) is 6.07 Å². The molecule has 3 aromatic rings. The van der Waals surface area contributed by atoms with Gasteiger partial charge in [-0.3, -0.25) is 4.98 Å². The fourth-order valence-electron chi connectivity index (χ4n) is 3.02. The van der Waals surface area contributed by atoms with Gasteiger partial charge in [0.1, 0.15) is 18.5 Å². The van der Waals surface area contributed by atoms with Crippen molar-refractivity contribution in [3.8, 4) is 17.2 Å². The van der Waals surface area contributed by atoms with Crippen LogP contribution in [0.5, 0.6) is 17.2 Å². The van der Waals surface area contributed by atoms with Crippen molar-refractivity contribution < 1.29 is 42.0 Å². The van der Waals surface area contributed by atoms with Crippen molar-refractivity contribution in [3.05, 3.63) is 72.6 Å². The molecule has 1 atom stereocenters. The molecule has 0 radical (unpaired) electrons. The van der Waals surface area contributed by atoms with Crippen molar-refractivity contribution >= 4 is 11.4 Å². The number of aliphatic hydroxyl groups is 2. The predicted octanol–water partition coefficient (Wildman–Crippen LogP) is 4.35. The monoisotopic (exact) mass is 482 g/mol. The van der Waals surface area contributed by atoms with Crippen LogP contribution >= 0.6 is 0 Å². The maximum Gasteiger partial charge on any atom is 0.387 e. The number of aliphatic hydroxyl groups excluding tert-OH is 2. The molecule has 0 spiro atoms. The molecule has 3 rings (SSSR count). The van der Waals surface area contributed by atoms with E-state index in [0.29, 0.717) is 17.1 Å². The zero-order chi connectivity index (χ0) is 24.5. The molecule has 0 fully saturated rings. The average Bonchev–Trinajstić information content (AvgIpc) is 2.82. The molecular formula is C23H22F4N2O5. The highest BCUT2D eigenvalue weighted by atomic mass is 19.3. The van der Waals surface area contributed by atoms with Crippen molar-refractivity contribution in [2.24, 2.45) is 0 Å². The Morgan fingerprint density at radius 3 is 2.18 bits per heavy atom. The van der Waals surface area contributed by atoms with Gasteiger partial charge in [0.15, 0.2) is 11.5 Å². The Morgan fingerprint density at radius 1 is 0.882 bits per heavy atom. The highest BCUT2D eigenvalue weighted by molar-refractivity contribution is 5.67. The molecule has 0 saturated heterocycles. The number of aromatic nitrogens is 1. The molecule has 0 aliphatic rings. The van der Waals surface area contributed by atoms with Crippen LogP contribution < -0.4 is 19.1 Å². The molecule has 0 aliphatic carbocycles. The quantitative estimate of drug-likeness (QED) is 0.371. The number of anilines is 2. The van der Waals surface area contributed by atoms with E-state index < -0.39 is 37.4 Å². The van der Waals surface area contributed by atoms with Crippen molar-refractivity contribution in [2.75, 3.05) is 18.1 Å². The minimum absolute atomic E-state index is 0.102. The van der Waals surface area contributed by atoms with E-state index in [-0.39, 0.29) is 13.2 Å². The molecule has 0 amide bonds. The van der Waals surface area contributed by atoms with Crippen LogP contribution in [0.3, 0.4) is 0 Å². The van der Waals surface area contributed by atoms with E-state index in [1.165, 1.54) is 12.1 Å². The van der Waals surface area contributed by atoms with Gasteiger partial charge >= 0.3 is 13.2 Å². The summed E-state index contributed by atoms with van der Waals surface area (Å²) in [6.07, 6.45) is 2.21. The molecule has 34 heavy (non-hydrogen) atoms. The summed E-state index contributed by atoms with van der Waals surface area (Å²) in [5, 5.41) is 18.3. The van der Waals surface area contributed by atoms with Gasteiger partial charge in [-0.15, -0.1) is 0 Å². The molecule has 11 heteroatoms. The predicted molar refractivity (Wildman–Crippen MR) is 115 cm³/mol. The molecule has 7 nitrogen and oxygen atoms in total. The number of halogens is 4. The Hall–Kier alpha value is -3.57. The fraction of sp³-hybridized carbons (Fsp3) is 0.261. The second kappa shape index (κ2) is 12.1. The number of hydrogen-bond acceptors (Lipinski definition) is 7. The van der Waals surface area contributed by atoms with Crippen LogP contribution in [-0.4, -0.2) is 47.7 Å². The Balaban J connectivity index is 1.94. The van der Waals surface area contributed by atoms with E-state index in [0.717, 1.165) is 11.6 Å². The van der Waals surface area contributed by atoms with E-state index in [1.807, 2.05) is 6.07 Å². The van der Waals surface area contributed by atoms with Gasteiger partial charge in [0.25, 0.3) is 0 Å². The summed E-state index contributed by atoms with van der Waals surface area (Å²) >= 11 is 0. The van der Waals surface area contributed by atoms with E-state index in [4.69, 9.17) is 9.84 Å². The van der Waals surface area contributed by atoms with Crippen molar-refractivity contribution in [1.29, 1.82) is 0 Å². The number of pyridine rings is 1. The van der Waals surface area contributed by atoms with Crippen LogP contribution in [0.2, 0.25) is 0 Å². The first-order chi connectivity index (χ1) is 16.4. The van der Waals surface area contributed by atoms with Crippen LogP contribution in [0, 0.1) is 0 Å². The summed E-state index contributed by atoms with van der Waals surface area (Å²) in [6.45, 7) is -6.73. The smallest absolute Gasteiger partial charge is 0.387 e. The third-order valence-corrected chi connectivity index (χ3v) is 4.54. The Morgan fingerprint density at radius 2 is 1.56 bits per heavy atom. The first-order valence-corrected chi connectivity index (χ1v) is 10.1. The highest BCUT2D eigenvalue weighted by Crippen LogP contribution is 2.37. The summed E-state index contributed by atoms with van der Waals surface area (Å²) in [5.41, 5.74) is 1.77. The number of hydrogen-bond donors (Lipinski definition) is 2. The third-order valence-electron chi connectivity index (χ3n) is 4.54. The number of nitrogens with zero attached hydrogens (tertiary/aromatic N) is 2. The molecular weight excluding hydrogens is 460 g/mol. The second-order valence-corrected chi connectivity index (χ2v) is 6.98. The van der Waals surface area contributed by atoms with Gasteiger partial charge in [-0.25, -0.2) is 0 Å². The molecule has 0 bridgehead atoms. The minimum Gasteiger partial charge on any atom is -0.491 e. The van der Waals surface area contributed by atoms with Gasteiger partial charge in [-0.2, -0.15) is 17.6 Å². The van der Waals surface area contributed by atoms with Gasteiger partial charge < -0.3 is 29.3 Å². The first-order valence-electron chi connectivity index (χ1n) is 10.1. The third kappa shape index (κ3) is 7.22. The topological polar surface area (TPSA) is 84.3 Å². The lowest BCUT2D eigenvalue weighted by Gasteiger charge is -2.26. The maximum atomic E-state index is 12.9. The Labute approximate surface area is 192 Å². The van der Waals surface area contributed by atoms with Crippen LogP contribution in [0.4, 0.5) is 28.9 Å². The summed E-state index contributed by atoms with van der Waals surface area (Å²) in [6, 6.07) is 13.9. The standard InChI is InChI=1S/C23H22F4N2O5/c24-22(25)33-20-8-5-17(10-21(20)34-23(26)27)29(12-15-2-1-9-28-11-15)16-3-6-19(7-4-16)32-14-18(31)13-30/h1-11,18,22-23,30-31H,12-14H2/t18-/m1/s1. The number of alkyl halides is 4. The lowest BCUT2D eigenvalue weighted by molar-refractivity contribution is -0.0692. The van der Waals surface area contributed by atoms with Gasteiger partial charge in [-0.05, 0) is 48.0 Å². The fourth-order valence-corrected chi connectivity index (χ4v) is 3.02. The molecule has 1 heterocycles. The molecule has 0 saturated carbocycles. The van der Waals surface area contributed by atoms with Crippen LogP contribution in [0.15, 0.2) is 67.0 Å². The SMILES string of the molecule is OC[C@@H](O)COc1ccc(N(Cc2cccnc2)c2ccc(OC(F)F)c(OC(F)F)c2)cc1. The number of benzene rings is 2. The van der Waals surface area contributed by atoms with Crippen molar-refractivity contribution in [1.82, 2.24) is 4.98 Å². The number of rotatable bonds is 12. The zero-order valence-corrected chi connectivity index (χ0v) is 17.7. The highest BCUT2D eigenvalue weighted by Gasteiger charge is 2.19. The Kier molecular flexibility index (Phi) is 8.88. The lowest BCUT2D eigenvalue weighted by Crippen LogP contribution is -2.21. The largest absolute Gasteiger partial charge is 0.491 e. The summed E-state index contributed by atoms with van der Waals surface area (Å²) < 4.78 is 65.3. The lowest BCUT2D eigenvalue weighted by atomic mass is 10.1. The molecule has 2 N–H and O–H groups in total. The van der Waals surface area contributed by atoms with Crippen LogP contribution in [0.1, 0.15) is 5.56 Å². The molecule has 2 aromatic carbocycles. The van der Waals surface area contributed by atoms with Crippen molar-refractivity contribution in [2.45, 2.75) is 25.9 Å². The second-order valence-electron chi connectivity index (χ2n) is 6.98. The first kappa shape index (κ1) is 25.1. The summed E-state index contributed by atoms with van der Waals surface area (Å²) in [4.78, 5) is 5.80.